The topological polar surface area (TPSA) is 55.1 Å². The van der Waals surface area contributed by atoms with Crippen molar-refractivity contribution in [2.45, 2.75) is 20.8 Å². The van der Waals surface area contributed by atoms with Crippen LogP contribution in [0.15, 0.2) is 30.3 Å². The van der Waals surface area contributed by atoms with E-state index in [1.807, 2.05) is 32.9 Å². The third-order valence-electron chi connectivity index (χ3n) is 3.29. The molecule has 2 aromatic rings. The molecule has 0 heterocycles. The lowest BCUT2D eigenvalue weighted by molar-refractivity contribution is 0.102. The van der Waals surface area contributed by atoms with Crippen LogP contribution in [0.3, 0.4) is 0 Å². The Kier molecular flexibility index (Phi) is 4.00. The minimum Gasteiger partial charge on any atom is -0.399 e. The molecule has 0 aromatic heterocycles. The standard InChI is InChI=1S/C16H17ClN2O/c1-9-6-12(17)4-5-13(9)16(20)19-15-8-10(2)14(18)7-11(15)3/h4-8H,18H2,1-3H3,(H,19,20). The van der Waals surface area contributed by atoms with Crippen LogP contribution in [0.1, 0.15) is 27.0 Å². The van der Waals surface area contributed by atoms with Gasteiger partial charge < -0.3 is 11.1 Å². The summed E-state index contributed by atoms with van der Waals surface area (Å²) in [6, 6.07) is 8.96. The Morgan fingerprint density at radius 2 is 1.75 bits per heavy atom. The van der Waals surface area contributed by atoms with Gasteiger partial charge in [-0.2, -0.15) is 0 Å². The lowest BCUT2D eigenvalue weighted by Gasteiger charge is -2.12. The maximum atomic E-state index is 12.3. The van der Waals surface area contributed by atoms with Gasteiger partial charge in [-0.3, -0.25) is 4.79 Å². The molecule has 0 aliphatic rings. The number of hydrogen-bond donors (Lipinski definition) is 2. The number of carbonyl (C=O) groups excluding carboxylic acids is 1. The van der Waals surface area contributed by atoms with Crippen molar-refractivity contribution >= 4 is 28.9 Å². The van der Waals surface area contributed by atoms with Crippen molar-refractivity contribution in [2.75, 3.05) is 11.1 Å². The van der Waals surface area contributed by atoms with Gasteiger partial charge in [0.15, 0.2) is 0 Å². The Morgan fingerprint density at radius 3 is 2.40 bits per heavy atom. The zero-order chi connectivity index (χ0) is 14.9. The summed E-state index contributed by atoms with van der Waals surface area (Å²) in [5.74, 6) is -0.147. The second kappa shape index (κ2) is 5.55. The third kappa shape index (κ3) is 2.94. The van der Waals surface area contributed by atoms with Gasteiger partial charge in [0.25, 0.3) is 5.91 Å². The molecule has 3 N–H and O–H groups in total. The Balaban J connectivity index is 2.30. The Morgan fingerprint density at radius 1 is 1.05 bits per heavy atom. The quantitative estimate of drug-likeness (QED) is 0.818. The van der Waals surface area contributed by atoms with Crippen LogP contribution >= 0.6 is 11.6 Å². The SMILES string of the molecule is Cc1cc(NC(=O)c2ccc(Cl)cc2C)c(C)cc1N. The fraction of sp³-hybridized carbons (Fsp3) is 0.188. The maximum absolute atomic E-state index is 12.3. The van der Waals surface area contributed by atoms with Crippen LogP contribution in [0, 0.1) is 20.8 Å². The number of aryl methyl sites for hydroxylation is 3. The average Bonchev–Trinajstić information content (AvgIpc) is 2.35. The van der Waals surface area contributed by atoms with Crippen LogP contribution in [-0.2, 0) is 0 Å². The molecule has 0 aliphatic heterocycles. The number of amides is 1. The van der Waals surface area contributed by atoms with Gasteiger partial charge in [0.2, 0.25) is 0 Å². The van der Waals surface area contributed by atoms with Crippen molar-refractivity contribution in [1.29, 1.82) is 0 Å². The van der Waals surface area contributed by atoms with E-state index in [4.69, 9.17) is 17.3 Å². The molecule has 0 bridgehead atoms. The largest absolute Gasteiger partial charge is 0.399 e. The number of nitrogen functional groups attached to an aromatic ring is 1. The number of nitrogens with one attached hydrogen (secondary N) is 1. The monoisotopic (exact) mass is 288 g/mol. The summed E-state index contributed by atoms with van der Waals surface area (Å²) in [7, 11) is 0. The third-order valence-corrected chi connectivity index (χ3v) is 3.53. The molecule has 0 saturated carbocycles. The smallest absolute Gasteiger partial charge is 0.255 e. The molecule has 3 nitrogen and oxygen atoms in total. The molecule has 4 heteroatoms. The molecule has 0 fully saturated rings. The van der Waals surface area contributed by atoms with Crippen molar-refractivity contribution in [3.05, 3.63) is 57.6 Å². The van der Waals surface area contributed by atoms with Crippen LogP contribution < -0.4 is 11.1 Å². The van der Waals surface area contributed by atoms with Gasteiger partial charge in [-0.15, -0.1) is 0 Å². The molecular weight excluding hydrogens is 272 g/mol. The van der Waals surface area contributed by atoms with Gasteiger partial charge in [-0.1, -0.05) is 11.6 Å². The fourth-order valence-corrected chi connectivity index (χ4v) is 2.27. The molecule has 0 aliphatic carbocycles. The molecule has 104 valence electrons. The van der Waals surface area contributed by atoms with Crippen molar-refractivity contribution in [1.82, 2.24) is 0 Å². The van der Waals surface area contributed by atoms with Crippen LogP contribution in [0.2, 0.25) is 5.02 Å². The molecule has 20 heavy (non-hydrogen) atoms. The molecule has 0 unspecified atom stereocenters. The summed E-state index contributed by atoms with van der Waals surface area (Å²) in [6.45, 7) is 5.69. The highest BCUT2D eigenvalue weighted by Crippen LogP contribution is 2.23. The first-order chi connectivity index (χ1) is 9.38. The van der Waals surface area contributed by atoms with Gasteiger partial charge in [-0.05, 0) is 67.8 Å². The van der Waals surface area contributed by atoms with E-state index in [9.17, 15) is 4.79 Å². The number of benzene rings is 2. The van der Waals surface area contributed by atoms with Crippen LogP contribution in [0.4, 0.5) is 11.4 Å². The first kappa shape index (κ1) is 14.4. The highest BCUT2D eigenvalue weighted by molar-refractivity contribution is 6.30. The first-order valence-corrected chi connectivity index (χ1v) is 6.70. The zero-order valence-corrected chi connectivity index (χ0v) is 12.5. The van der Waals surface area contributed by atoms with Crippen LogP contribution in [0.5, 0.6) is 0 Å². The van der Waals surface area contributed by atoms with Crippen molar-refractivity contribution in [3.63, 3.8) is 0 Å². The van der Waals surface area contributed by atoms with E-state index in [1.165, 1.54) is 0 Å². The van der Waals surface area contributed by atoms with E-state index < -0.39 is 0 Å². The van der Waals surface area contributed by atoms with Crippen molar-refractivity contribution < 1.29 is 4.79 Å². The lowest BCUT2D eigenvalue weighted by Crippen LogP contribution is -2.14. The van der Waals surface area contributed by atoms with E-state index >= 15 is 0 Å². The van der Waals surface area contributed by atoms with Crippen LogP contribution in [-0.4, -0.2) is 5.91 Å². The molecule has 2 aromatic carbocycles. The van der Waals surface area contributed by atoms with E-state index in [0.29, 0.717) is 10.6 Å². The Labute approximate surface area is 123 Å². The van der Waals surface area contributed by atoms with Crippen molar-refractivity contribution in [2.24, 2.45) is 0 Å². The summed E-state index contributed by atoms with van der Waals surface area (Å²) in [4.78, 5) is 12.3. The number of nitrogens with two attached hydrogens (primary N) is 1. The molecular formula is C16H17ClN2O. The molecule has 2 rings (SSSR count). The highest BCUT2D eigenvalue weighted by Gasteiger charge is 2.11. The lowest BCUT2D eigenvalue weighted by atomic mass is 10.1. The van der Waals surface area contributed by atoms with Crippen molar-refractivity contribution in [3.8, 4) is 0 Å². The second-order valence-corrected chi connectivity index (χ2v) is 5.37. The Hall–Kier alpha value is -2.00. The second-order valence-electron chi connectivity index (χ2n) is 4.94. The summed E-state index contributed by atoms with van der Waals surface area (Å²) in [5, 5.41) is 3.54. The van der Waals surface area contributed by atoms with Gasteiger partial charge in [0, 0.05) is 22.0 Å². The van der Waals surface area contributed by atoms with E-state index in [0.717, 1.165) is 28.1 Å². The van der Waals surface area contributed by atoms with Gasteiger partial charge in [0.05, 0.1) is 0 Å². The normalized spacial score (nSPS) is 10.4. The minimum atomic E-state index is -0.147. The van der Waals surface area contributed by atoms with E-state index in [2.05, 4.69) is 5.32 Å². The molecule has 0 atom stereocenters. The maximum Gasteiger partial charge on any atom is 0.255 e. The molecule has 0 radical (unpaired) electrons. The molecule has 1 amide bonds. The van der Waals surface area contributed by atoms with E-state index in [1.54, 1.807) is 18.2 Å². The fourth-order valence-electron chi connectivity index (χ4n) is 2.04. The molecule has 0 spiro atoms. The summed E-state index contributed by atoms with van der Waals surface area (Å²) in [6.07, 6.45) is 0. The van der Waals surface area contributed by atoms with Gasteiger partial charge in [-0.25, -0.2) is 0 Å². The summed E-state index contributed by atoms with van der Waals surface area (Å²) in [5.41, 5.74) is 10.7. The predicted octanol–water partition coefficient (Wildman–Crippen LogP) is 4.10. The Bertz CT molecular complexity index is 680. The first-order valence-electron chi connectivity index (χ1n) is 6.32. The van der Waals surface area contributed by atoms with Gasteiger partial charge >= 0.3 is 0 Å². The number of anilines is 2. The number of halogens is 1. The summed E-state index contributed by atoms with van der Waals surface area (Å²) < 4.78 is 0. The summed E-state index contributed by atoms with van der Waals surface area (Å²) >= 11 is 5.90. The average molecular weight is 289 g/mol. The number of hydrogen-bond acceptors (Lipinski definition) is 2. The predicted molar refractivity (Wildman–Crippen MR) is 84.5 cm³/mol. The molecule has 0 saturated heterocycles. The number of carbonyl (C=O) groups is 1. The zero-order valence-electron chi connectivity index (χ0n) is 11.8. The minimum absolute atomic E-state index is 0.147. The van der Waals surface area contributed by atoms with Crippen LogP contribution in [0.25, 0.3) is 0 Å². The highest BCUT2D eigenvalue weighted by atomic mass is 35.5. The van der Waals surface area contributed by atoms with E-state index in [-0.39, 0.29) is 5.91 Å². The number of rotatable bonds is 2. The van der Waals surface area contributed by atoms with Gasteiger partial charge in [0.1, 0.15) is 0 Å².